The number of alkyl carbamates (subject to hydrolysis) is 1. The lowest BCUT2D eigenvalue weighted by molar-refractivity contribution is -0.0608. The zero-order chi connectivity index (χ0) is 21.6. The Kier molecular flexibility index (Phi) is 5.41. The summed E-state index contributed by atoms with van der Waals surface area (Å²) in [5.74, 6) is 0.828. The molecule has 168 valence electrons. The number of anilines is 1. The monoisotopic (exact) mass is 441 g/mol. The summed E-state index contributed by atoms with van der Waals surface area (Å²) in [4.78, 5) is 17.2. The van der Waals surface area contributed by atoms with E-state index in [9.17, 15) is 4.79 Å². The van der Waals surface area contributed by atoms with Gasteiger partial charge in [0.05, 0.1) is 0 Å². The quantitative estimate of drug-likeness (QED) is 0.716. The van der Waals surface area contributed by atoms with Crippen LogP contribution in [-0.4, -0.2) is 55.4 Å². The van der Waals surface area contributed by atoms with Gasteiger partial charge in [0.15, 0.2) is 0 Å². The zero-order valence-electron chi connectivity index (χ0n) is 19.0. The van der Waals surface area contributed by atoms with E-state index in [0.717, 1.165) is 44.9 Å². The molecular formula is C25H35N3O2S. The number of piperazine rings is 1. The minimum absolute atomic E-state index is 0.265. The Labute approximate surface area is 189 Å². The lowest BCUT2D eigenvalue weighted by atomic mass is 9.50. The van der Waals surface area contributed by atoms with Crippen LogP contribution in [0.25, 0.3) is 10.1 Å². The van der Waals surface area contributed by atoms with Crippen molar-refractivity contribution in [2.24, 2.45) is 11.3 Å². The van der Waals surface area contributed by atoms with Crippen molar-refractivity contribution in [3.05, 3.63) is 29.6 Å². The maximum atomic E-state index is 11.9. The van der Waals surface area contributed by atoms with Gasteiger partial charge in [0.2, 0.25) is 0 Å². The van der Waals surface area contributed by atoms with Crippen LogP contribution in [0.4, 0.5) is 10.5 Å². The van der Waals surface area contributed by atoms with Crippen molar-refractivity contribution in [3.8, 4) is 0 Å². The summed E-state index contributed by atoms with van der Waals surface area (Å²) in [6, 6.07) is 9.26. The van der Waals surface area contributed by atoms with Gasteiger partial charge in [-0.25, -0.2) is 4.79 Å². The maximum Gasteiger partial charge on any atom is 0.407 e. The van der Waals surface area contributed by atoms with Gasteiger partial charge in [-0.3, -0.25) is 4.90 Å². The molecule has 5 nitrogen and oxygen atoms in total. The fourth-order valence-electron chi connectivity index (χ4n) is 5.98. The smallest absolute Gasteiger partial charge is 0.407 e. The minimum atomic E-state index is -0.423. The molecule has 6 heteroatoms. The van der Waals surface area contributed by atoms with Crippen molar-refractivity contribution in [2.75, 3.05) is 37.6 Å². The van der Waals surface area contributed by atoms with Gasteiger partial charge in [-0.2, -0.15) is 0 Å². The normalized spacial score (nSPS) is 28.9. The van der Waals surface area contributed by atoms with Crippen molar-refractivity contribution in [3.63, 3.8) is 0 Å². The van der Waals surface area contributed by atoms with Crippen LogP contribution < -0.4 is 10.2 Å². The number of nitrogens with zero attached hydrogens (tertiary/aromatic N) is 2. The predicted octanol–water partition coefficient (Wildman–Crippen LogP) is 5.11. The molecule has 1 aromatic carbocycles. The Morgan fingerprint density at radius 2 is 1.87 bits per heavy atom. The highest BCUT2D eigenvalue weighted by Gasteiger charge is 2.53. The van der Waals surface area contributed by atoms with Gasteiger partial charge < -0.3 is 15.0 Å². The average molecular weight is 442 g/mol. The highest BCUT2D eigenvalue weighted by Crippen LogP contribution is 2.58. The van der Waals surface area contributed by atoms with Crippen LogP contribution in [0.3, 0.4) is 0 Å². The second-order valence-corrected chi connectivity index (χ2v) is 11.9. The van der Waals surface area contributed by atoms with Crippen LogP contribution in [0.5, 0.6) is 0 Å². The molecule has 1 aromatic heterocycles. The Balaban J connectivity index is 1.03. The molecule has 1 amide bonds. The maximum absolute atomic E-state index is 11.9. The zero-order valence-corrected chi connectivity index (χ0v) is 19.8. The Morgan fingerprint density at radius 1 is 1.13 bits per heavy atom. The number of carbonyl (C=O) groups is 1. The number of ether oxygens (including phenoxy) is 1. The lowest BCUT2D eigenvalue weighted by Gasteiger charge is -2.58. The van der Waals surface area contributed by atoms with E-state index in [-0.39, 0.29) is 6.09 Å². The first-order valence-electron chi connectivity index (χ1n) is 11.7. The third kappa shape index (κ3) is 4.56. The average Bonchev–Trinajstić information content (AvgIpc) is 3.12. The van der Waals surface area contributed by atoms with Crippen LogP contribution >= 0.6 is 11.3 Å². The first-order chi connectivity index (χ1) is 14.8. The third-order valence-corrected chi connectivity index (χ3v) is 8.11. The van der Waals surface area contributed by atoms with Gasteiger partial charge in [0.1, 0.15) is 5.60 Å². The molecule has 2 aliphatic carbocycles. The van der Waals surface area contributed by atoms with Gasteiger partial charge in [-0.1, -0.05) is 6.07 Å². The molecule has 1 aliphatic heterocycles. The standard InChI is InChI=1S/C25H35N3O2S/c1-24(2,3)30-23(29)26-19-15-25(16-19)13-18(14-25)17-27-8-10-28(11-9-27)21-5-4-6-22-20(21)7-12-31-22/h4-7,12,18-19H,8-11,13-17H2,1-3H3,(H,26,29). The van der Waals surface area contributed by atoms with Crippen molar-refractivity contribution in [1.82, 2.24) is 10.2 Å². The fourth-order valence-corrected chi connectivity index (χ4v) is 6.79. The Bertz CT molecular complexity index is 928. The van der Waals surface area contributed by atoms with E-state index < -0.39 is 5.60 Å². The SMILES string of the molecule is CC(C)(C)OC(=O)NC1CC2(CC(CN3CCN(c4cccc5sccc45)CC3)C2)C1. The molecule has 1 saturated heterocycles. The number of carbonyl (C=O) groups excluding carboxylic acids is 1. The second kappa shape index (κ2) is 7.96. The summed E-state index contributed by atoms with van der Waals surface area (Å²) in [7, 11) is 0. The van der Waals surface area contributed by atoms with Crippen molar-refractivity contribution < 1.29 is 9.53 Å². The second-order valence-electron chi connectivity index (χ2n) is 10.9. The van der Waals surface area contributed by atoms with E-state index in [2.05, 4.69) is 44.8 Å². The van der Waals surface area contributed by atoms with Crippen molar-refractivity contribution >= 4 is 33.2 Å². The highest BCUT2D eigenvalue weighted by molar-refractivity contribution is 7.17. The highest BCUT2D eigenvalue weighted by atomic mass is 32.1. The molecule has 0 atom stereocenters. The molecule has 0 unspecified atom stereocenters. The molecule has 3 fully saturated rings. The number of hydrogen-bond acceptors (Lipinski definition) is 5. The largest absolute Gasteiger partial charge is 0.444 e. The van der Waals surface area contributed by atoms with Crippen molar-refractivity contribution in [2.45, 2.75) is 58.1 Å². The first kappa shape index (κ1) is 21.1. The molecule has 2 aromatic rings. The van der Waals surface area contributed by atoms with Crippen molar-refractivity contribution in [1.29, 1.82) is 0 Å². The Hall–Kier alpha value is -1.79. The number of fused-ring (bicyclic) bond motifs is 1. The number of rotatable bonds is 4. The van der Waals surface area contributed by atoms with E-state index in [1.807, 2.05) is 32.1 Å². The van der Waals surface area contributed by atoms with Gasteiger partial charge in [0.25, 0.3) is 0 Å². The molecule has 2 heterocycles. The molecule has 1 spiro atoms. The van der Waals surface area contributed by atoms with Crippen LogP contribution in [0.1, 0.15) is 46.5 Å². The lowest BCUT2D eigenvalue weighted by Crippen LogP contribution is -2.58. The summed E-state index contributed by atoms with van der Waals surface area (Å²) in [6.07, 6.45) is 4.64. The van der Waals surface area contributed by atoms with Crippen LogP contribution in [0.2, 0.25) is 0 Å². The number of thiophene rings is 1. The van der Waals surface area contributed by atoms with Gasteiger partial charge in [-0.05, 0) is 81.4 Å². The summed E-state index contributed by atoms with van der Waals surface area (Å²) < 4.78 is 6.77. The van der Waals surface area contributed by atoms with Gasteiger partial charge in [-0.15, -0.1) is 11.3 Å². The number of amides is 1. The fraction of sp³-hybridized carbons (Fsp3) is 0.640. The van der Waals surface area contributed by atoms with Gasteiger partial charge in [0, 0.05) is 54.5 Å². The number of hydrogen-bond donors (Lipinski definition) is 1. The minimum Gasteiger partial charge on any atom is -0.444 e. The molecule has 3 aliphatic rings. The number of benzene rings is 1. The van der Waals surface area contributed by atoms with E-state index in [1.54, 1.807) is 0 Å². The molecule has 5 rings (SSSR count). The third-order valence-electron chi connectivity index (χ3n) is 7.23. The first-order valence-corrected chi connectivity index (χ1v) is 12.6. The summed E-state index contributed by atoms with van der Waals surface area (Å²) in [5.41, 5.74) is 1.48. The molecule has 0 bridgehead atoms. The van der Waals surface area contributed by atoms with E-state index in [0.29, 0.717) is 11.5 Å². The van der Waals surface area contributed by atoms with Crippen LogP contribution in [0.15, 0.2) is 29.6 Å². The molecular weight excluding hydrogens is 406 g/mol. The topological polar surface area (TPSA) is 44.8 Å². The van der Waals surface area contributed by atoms with Gasteiger partial charge >= 0.3 is 6.09 Å². The van der Waals surface area contributed by atoms with Crippen LogP contribution in [0, 0.1) is 11.3 Å². The summed E-state index contributed by atoms with van der Waals surface area (Å²) in [5, 5.41) is 6.65. The van der Waals surface area contributed by atoms with Crippen LogP contribution in [-0.2, 0) is 4.74 Å². The van der Waals surface area contributed by atoms with E-state index in [1.165, 1.54) is 35.2 Å². The molecule has 1 N–H and O–H groups in total. The molecule has 0 radical (unpaired) electrons. The molecule has 2 saturated carbocycles. The number of nitrogens with one attached hydrogen (secondary N) is 1. The molecule has 31 heavy (non-hydrogen) atoms. The van der Waals surface area contributed by atoms with E-state index in [4.69, 9.17) is 4.74 Å². The van der Waals surface area contributed by atoms with E-state index >= 15 is 0 Å². The summed E-state index contributed by atoms with van der Waals surface area (Å²) in [6.45, 7) is 11.5. The summed E-state index contributed by atoms with van der Waals surface area (Å²) >= 11 is 1.83. The Morgan fingerprint density at radius 3 is 2.58 bits per heavy atom. The predicted molar refractivity (Wildman–Crippen MR) is 128 cm³/mol.